The minimum Gasteiger partial charge on any atom is -0.365 e. The van der Waals surface area contributed by atoms with Gasteiger partial charge in [-0.15, -0.1) is 0 Å². The average molecular weight is 303 g/mol. The normalized spacial score (nSPS) is 10.8. The Morgan fingerprint density at radius 1 is 1.43 bits per heavy atom. The minimum atomic E-state index is -0.601. The number of amides is 1. The number of nitrogens with two attached hydrogens (primary N) is 1. The van der Waals surface area contributed by atoms with E-state index in [0.29, 0.717) is 12.4 Å². The zero-order valence-electron chi connectivity index (χ0n) is 11.5. The molecule has 0 unspecified atom stereocenters. The van der Waals surface area contributed by atoms with E-state index >= 15 is 0 Å². The molecule has 5 nitrogen and oxygen atoms in total. The van der Waals surface area contributed by atoms with Gasteiger partial charge in [-0.05, 0) is 29.7 Å². The lowest BCUT2D eigenvalue weighted by molar-refractivity contribution is 0.100. The van der Waals surface area contributed by atoms with Crippen LogP contribution in [0.25, 0.3) is 6.08 Å². The van der Waals surface area contributed by atoms with Crippen molar-refractivity contribution >= 4 is 29.4 Å². The molecule has 1 aromatic carbocycles. The molecular formula is C15H15ClN4O. The highest BCUT2D eigenvalue weighted by molar-refractivity contribution is 6.28. The summed E-state index contributed by atoms with van der Waals surface area (Å²) in [6.45, 7) is 2.45. The molecule has 21 heavy (non-hydrogen) atoms. The van der Waals surface area contributed by atoms with Gasteiger partial charge in [0.2, 0.25) is 5.28 Å². The first-order valence-corrected chi connectivity index (χ1v) is 6.76. The number of benzene rings is 1. The zero-order chi connectivity index (χ0) is 15.2. The fourth-order valence-corrected chi connectivity index (χ4v) is 2.02. The van der Waals surface area contributed by atoms with Crippen molar-refractivity contribution in [2.75, 3.05) is 5.32 Å². The SMILES string of the molecule is C/C=C\c1ccccc1CNc1nc(Cl)ncc1C(N)=O. The molecular weight excluding hydrogens is 288 g/mol. The Labute approximate surface area is 127 Å². The van der Waals surface area contributed by atoms with Crippen molar-refractivity contribution in [3.8, 4) is 0 Å². The number of carbonyl (C=O) groups excluding carboxylic acids is 1. The van der Waals surface area contributed by atoms with Crippen LogP contribution >= 0.6 is 11.6 Å². The van der Waals surface area contributed by atoms with E-state index in [2.05, 4.69) is 15.3 Å². The Hall–Kier alpha value is -2.40. The topological polar surface area (TPSA) is 80.9 Å². The largest absolute Gasteiger partial charge is 0.365 e. The molecule has 6 heteroatoms. The summed E-state index contributed by atoms with van der Waals surface area (Å²) in [6, 6.07) is 7.93. The monoisotopic (exact) mass is 302 g/mol. The zero-order valence-corrected chi connectivity index (χ0v) is 12.3. The molecule has 0 aliphatic heterocycles. The highest BCUT2D eigenvalue weighted by atomic mass is 35.5. The maximum Gasteiger partial charge on any atom is 0.254 e. The molecule has 1 heterocycles. The van der Waals surface area contributed by atoms with Gasteiger partial charge < -0.3 is 11.1 Å². The van der Waals surface area contributed by atoms with Gasteiger partial charge in [-0.3, -0.25) is 4.79 Å². The van der Waals surface area contributed by atoms with Crippen LogP contribution in [0.15, 0.2) is 36.5 Å². The van der Waals surface area contributed by atoms with E-state index < -0.39 is 5.91 Å². The van der Waals surface area contributed by atoms with Gasteiger partial charge in [-0.2, -0.15) is 4.98 Å². The summed E-state index contributed by atoms with van der Waals surface area (Å²) in [4.78, 5) is 19.1. The summed E-state index contributed by atoms with van der Waals surface area (Å²) in [6.07, 6.45) is 5.30. The summed E-state index contributed by atoms with van der Waals surface area (Å²) >= 11 is 5.76. The first kappa shape index (κ1) is 15.0. The third-order valence-electron chi connectivity index (χ3n) is 2.87. The van der Waals surface area contributed by atoms with Gasteiger partial charge in [0.25, 0.3) is 5.91 Å². The van der Waals surface area contributed by atoms with Crippen molar-refractivity contribution < 1.29 is 4.79 Å². The van der Waals surface area contributed by atoms with E-state index in [1.807, 2.05) is 43.3 Å². The van der Waals surface area contributed by atoms with Gasteiger partial charge in [0, 0.05) is 12.7 Å². The van der Waals surface area contributed by atoms with Gasteiger partial charge in [-0.1, -0.05) is 36.4 Å². The van der Waals surface area contributed by atoms with Gasteiger partial charge in [0.1, 0.15) is 5.82 Å². The second kappa shape index (κ2) is 6.85. The molecule has 0 bridgehead atoms. The molecule has 3 N–H and O–H groups in total. The first-order valence-electron chi connectivity index (χ1n) is 6.38. The summed E-state index contributed by atoms with van der Waals surface area (Å²) in [5.41, 5.74) is 7.67. The number of primary amides is 1. The summed E-state index contributed by atoms with van der Waals surface area (Å²) < 4.78 is 0. The van der Waals surface area contributed by atoms with Crippen molar-refractivity contribution in [3.63, 3.8) is 0 Å². The smallest absolute Gasteiger partial charge is 0.254 e. The maximum absolute atomic E-state index is 11.4. The number of anilines is 1. The van der Waals surface area contributed by atoms with E-state index in [1.165, 1.54) is 6.20 Å². The number of nitrogens with one attached hydrogen (secondary N) is 1. The molecule has 1 aromatic heterocycles. The number of hydrogen-bond acceptors (Lipinski definition) is 4. The molecule has 1 amide bonds. The van der Waals surface area contributed by atoms with Crippen LogP contribution in [0.5, 0.6) is 0 Å². The third kappa shape index (κ3) is 3.79. The van der Waals surface area contributed by atoms with Crippen LogP contribution < -0.4 is 11.1 Å². The molecule has 0 fully saturated rings. The Bertz CT molecular complexity index is 685. The van der Waals surface area contributed by atoms with Crippen LogP contribution in [-0.2, 0) is 6.54 Å². The predicted octanol–water partition coefficient (Wildman–Crippen LogP) is 2.87. The molecule has 2 rings (SSSR count). The molecule has 0 aliphatic carbocycles. The van der Waals surface area contributed by atoms with E-state index in [4.69, 9.17) is 17.3 Å². The molecule has 0 atom stereocenters. The number of rotatable bonds is 5. The Morgan fingerprint density at radius 3 is 2.90 bits per heavy atom. The van der Waals surface area contributed by atoms with Gasteiger partial charge in [-0.25, -0.2) is 4.98 Å². The Balaban J connectivity index is 2.24. The lowest BCUT2D eigenvalue weighted by atomic mass is 10.1. The number of halogens is 1. The fraction of sp³-hybridized carbons (Fsp3) is 0.133. The molecule has 108 valence electrons. The van der Waals surface area contributed by atoms with Crippen LogP contribution in [0.4, 0.5) is 5.82 Å². The van der Waals surface area contributed by atoms with Crippen molar-refractivity contribution in [2.24, 2.45) is 5.73 Å². The van der Waals surface area contributed by atoms with Gasteiger partial charge in [0.15, 0.2) is 0 Å². The second-order valence-electron chi connectivity index (χ2n) is 4.32. The minimum absolute atomic E-state index is 0.0595. The molecule has 2 aromatic rings. The molecule has 0 aliphatic rings. The van der Waals surface area contributed by atoms with E-state index in [1.54, 1.807) is 0 Å². The average Bonchev–Trinajstić information content (AvgIpc) is 2.46. The summed E-state index contributed by atoms with van der Waals surface area (Å²) in [5, 5.41) is 3.14. The van der Waals surface area contributed by atoms with Crippen LogP contribution in [-0.4, -0.2) is 15.9 Å². The summed E-state index contributed by atoms with van der Waals surface area (Å²) in [5.74, 6) is -0.270. The van der Waals surface area contributed by atoms with E-state index in [-0.39, 0.29) is 10.8 Å². The Kier molecular flexibility index (Phi) is 4.90. The number of carbonyl (C=O) groups is 1. The van der Waals surface area contributed by atoms with Gasteiger partial charge in [0.05, 0.1) is 5.56 Å². The number of allylic oxidation sites excluding steroid dienone is 1. The third-order valence-corrected chi connectivity index (χ3v) is 3.05. The van der Waals surface area contributed by atoms with Crippen molar-refractivity contribution in [3.05, 3.63) is 58.5 Å². The highest BCUT2D eigenvalue weighted by Crippen LogP contribution is 2.17. The van der Waals surface area contributed by atoms with E-state index in [9.17, 15) is 4.79 Å². The van der Waals surface area contributed by atoms with Crippen LogP contribution in [0.2, 0.25) is 5.28 Å². The van der Waals surface area contributed by atoms with E-state index in [0.717, 1.165) is 11.1 Å². The Morgan fingerprint density at radius 2 is 2.19 bits per heavy atom. The van der Waals surface area contributed by atoms with Gasteiger partial charge >= 0.3 is 0 Å². The number of aromatic nitrogens is 2. The molecule has 0 radical (unpaired) electrons. The van der Waals surface area contributed by atoms with Crippen LogP contribution in [0.3, 0.4) is 0 Å². The second-order valence-corrected chi connectivity index (χ2v) is 4.66. The number of nitrogens with zero attached hydrogens (tertiary/aromatic N) is 2. The molecule has 0 saturated carbocycles. The molecule has 0 saturated heterocycles. The van der Waals surface area contributed by atoms with Crippen LogP contribution in [0.1, 0.15) is 28.4 Å². The quantitative estimate of drug-likeness (QED) is 0.832. The fourth-order valence-electron chi connectivity index (χ4n) is 1.89. The van der Waals surface area contributed by atoms with Crippen molar-refractivity contribution in [1.82, 2.24) is 9.97 Å². The first-order chi connectivity index (χ1) is 10.1. The van der Waals surface area contributed by atoms with Crippen molar-refractivity contribution in [1.29, 1.82) is 0 Å². The van der Waals surface area contributed by atoms with Crippen molar-refractivity contribution in [2.45, 2.75) is 13.5 Å². The lowest BCUT2D eigenvalue weighted by Gasteiger charge is -2.11. The maximum atomic E-state index is 11.4. The lowest BCUT2D eigenvalue weighted by Crippen LogP contribution is -2.16. The van der Waals surface area contributed by atoms with Crippen LogP contribution in [0, 0.1) is 0 Å². The predicted molar refractivity (Wildman–Crippen MR) is 84.0 cm³/mol. The number of hydrogen-bond donors (Lipinski definition) is 2. The highest BCUT2D eigenvalue weighted by Gasteiger charge is 2.11. The molecule has 0 spiro atoms. The standard InChI is InChI=1S/C15H15ClN4O/c1-2-5-10-6-3-4-7-11(10)8-18-14-12(13(17)21)9-19-15(16)20-14/h2-7,9H,8H2,1H3,(H2,17,21)(H,18,19,20)/b5-2-. The summed E-state index contributed by atoms with van der Waals surface area (Å²) in [7, 11) is 0.